The van der Waals surface area contributed by atoms with Gasteiger partial charge in [0, 0.05) is 6.54 Å². The van der Waals surface area contributed by atoms with Crippen LogP contribution in [0.3, 0.4) is 0 Å². The zero-order valence-electron chi connectivity index (χ0n) is 13.2. The van der Waals surface area contributed by atoms with Gasteiger partial charge in [-0.1, -0.05) is 38.1 Å². The zero-order chi connectivity index (χ0) is 17.2. The number of fused-ring (bicyclic) bond motifs is 1. The number of carbonyl (C=O) groups is 2. The summed E-state index contributed by atoms with van der Waals surface area (Å²) < 4.78 is 24.0. The summed E-state index contributed by atoms with van der Waals surface area (Å²) in [6, 6.07) is 5.93. The number of amides is 1. The topological polar surface area (TPSA) is 91.8 Å². The Kier molecular flexibility index (Phi) is 5.09. The largest absolute Gasteiger partial charge is 0.479 e. The van der Waals surface area contributed by atoms with Gasteiger partial charge in [-0.15, -0.1) is 0 Å². The van der Waals surface area contributed by atoms with Crippen LogP contribution in [0.4, 0.5) is 0 Å². The summed E-state index contributed by atoms with van der Waals surface area (Å²) >= 11 is 0. The summed E-state index contributed by atoms with van der Waals surface area (Å²) in [6.45, 7) is 3.74. The fourth-order valence-electron chi connectivity index (χ4n) is 2.94. The third kappa shape index (κ3) is 4.10. The van der Waals surface area contributed by atoms with Crippen molar-refractivity contribution in [3.63, 3.8) is 0 Å². The summed E-state index contributed by atoms with van der Waals surface area (Å²) in [7, 11) is -3.54. The van der Waals surface area contributed by atoms with Gasteiger partial charge in [0.2, 0.25) is 5.91 Å². The lowest BCUT2D eigenvalue weighted by molar-refractivity contribution is -0.150. The number of carboxylic acid groups (broad SMARTS) is 1. The summed E-state index contributed by atoms with van der Waals surface area (Å²) in [6.07, 6.45) is 0.524. The van der Waals surface area contributed by atoms with Gasteiger partial charge < -0.3 is 10.0 Å². The fraction of sp³-hybridized carbons (Fsp3) is 0.500. The molecule has 1 aliphatic heterocycles. The minimum Gasteiger partial charge on any atom is -0.479 e. The molecule has 0 saturated carbocycles. The maximum Gasteiger partial charge on any atom is 0.331 e. The molecule has 0 aromatic heterocycles. The molecule has 0 saturated heterocycles. The van der Waals surface area contributed by atoms with Crippen LogP contribution in [-0.4, -0.2) is 48.4 Å². The molecule has 7 heteroatoms. The van der Waals surface area contributed by atoms with Crippen molar-refractivity contribution in [2.75, 3.05) is 18.1 Å². The van der Waals surface area contributed by atoms with E-state index >= 15 is 0 Å². The quantitative estimate of drug-likeness (QED) is 0.872. The molecule has 1 atom stereocenters. The number of carbonyl (C=O) groups excluding carboxylic acids is 1. The van der Waals surface area contributed by atoms with Crippen molar-refractivity contribution >= 4 is 21.7 Å². The Morgan fingerprint density at radius 1 is 1.30 bits per heavy atom. The third-order valence-electron chi connectivity index (χ3n) is 3.77. The molecule has 1 heterocycles. The molecule has 0 fully saturated rings. The van der Waals surface area contributed by atoms with Gasteiger partial charge in [-0.25, -0.2) is 13.2 Å². The molecular weight excluding hydrogens is 318 g/mol. The molecule has 0 spiro atoms. The molecule has 2 rings (SSSR count). The lowest BCUT2D eigenvalue weighted by Crippen LogP contribution is -2.46. The second-order valence-corrected chi connectivity index (χ2v) is 8.33. The van der Waals surface area contributed by atoms with Crippen LogP contribution in [0.5, 0.6) is 0 Å². The normalized spacial score (nSPS) is 17.9. The van der Waals surface area contributed by atoms with Crippen LogP contribution in [0.25, 0.3) is 0 Å². The molecule has 23 heavy (non-hydrogen) atoms. The van der Waals surface area contributed by atoms with Crippen molar-refractivity contribution in [1.82, 2.24) is 4.90 Å². The average molecular weight is 339 g/mol. The second-order valence-electron chi connectivity index (χ2n) is 6.23. The number of benzene rings is 1. The molecule has 6 nitrogen and oxygen atoms in total. The highest BCUT2D eigenvalue weighted by molar-refractivity contribution is 7.92. The van der Waals surface area contributed by atoms with Crippen LogP contribution >= 0.6 is 0 Å². The second kappa shape index (κ2) is 6.70. The number of hydrogen-bond donors (Lipinski definition) is 1. The van der Waals surface area contributed by atoms with Crippen LogP contribution in [0, 0.1) is 5.92 Å². The van der Waals surface area contributed by atoms with Gasteiger partial charge in [-0.3, -0.25) is 4.79 Å². The van der Waals surface area contributed by atoms with Crippen LogP contribution < -0.4 is 0 Å². The lowest BCUT2D eigenvalue weighted by atomic mass is 9.92. The smallest absolute Gasteiger partial charge is 0.331 e. The van der Waals surface area contributed by atoms with Gasteiger partial charge in [0.05, 0.1) is 5.75 Å². The number of rotatable bonds is 5. The van der Waals surface area contributed by atoms with E-state index < -0.39 is 33.5 Å². The van der Waals surface area contributed by atoms with Crippen molar-refractivity contribution in [1.29, 1.82) is 0 Å². The molecule has 1 aromatic rings. The molecule has 0 bridgehead atoms. The summed E-state index contributed by atoms with van der Waals surface area (Å²) in [5.74, 6) is -2.60. The van der Waals surface area contributed by atoms with E-state index in [4.69, 9.17) is 0 Å². The highest BCUT2D eigenvalue weighted by Gasteiger charge is 2.37. The number of nitrogens with zero attached hydrogens (tertiary/aromatic N) is 1. The summed E-state index contributed by atoms with van der Waals surface area (Å²) in [5, 5.41) is 9.50. The predicted molar refractivity (Wildman–Crippen MR) is 85.7 cm³/mol. The Bertz CT molecular complexity index is 711. The number of aliphatic carboxylic acids is 1. The molecule has 1 N–H and O–H groups in total. The standard InChI is InChI=1S/C16H21NO5S/c1-11(2)9-23(21,22)10-14(18)17-8-7-12-5-3-4-6-13(12)15(17)16(19)20/h3-6,11,15H,7-10H2,1-2H3,(H,19,20). The number of carboxylic acids is 1. The number of hydrogen-bond acceptors (Lipinski definition) is 4. The molecular formula is C16H21NO5S. The summed E-state index contributed by atoms with van der Waals surface area (Å²) in [4.78, 5) is 25.2. The Morgan fingerprint density at radius 3 is 2.57 bits per heavy atom. The van der Waals surface area contributed by atoms with Crippen molar-refractivity contribution in [3.05, 3.63) is 35.4 Å². The van der Waals surface area contributed by atoms with Crippen molar-refractivity contribution in [2.24, 2.45) is 5.92 Å². The molecule has 126 valence electrons. The first kappa shape index (κ1) is 17.5. The van der Waals surface area contributed by atoms with Gasteiger partial charge in [-0.05, 0) is 23.5 Å². The molecule has 0 aliphatic carbocycles. The van der Waals surface area contributed by atoms with Crippen LogP contribution in [0.2, 0.25) is 0 Å². The van der Waals surface area contributed by atoms with Gasteiger partial charge in [0.25, 0.3) is 0 Å². The van der Waals surface area contributed by atoms with E-state index in [1.54, 1.807) is 26.0 Å². The van der Waals surface area contributed by atoms with E-state index in [0.717, 1.165) is 5.56 Å². The van der Waals surface area contributed by atoms with Gasteiger partial charge >= 0.3 is 5.97 Å². The third-order valence-corrected chi connectivity index (χ3v) is 5.63. The van der Waals surface area contributed by atoms with E-state index in [-0.39, 0.29) is 18.2 Å². The molecule has 1 unspecified atom stereocenters. The maximum absolute atomic E-state index is 12.4. The summed E-state index contributed by atoms with van der Waals surface area (Å²) in [5.41, 5.74) is 1.44. The number of sulfone groups is 1. The van der Waals surface area contributed by atoms with Crippen molar-refractivity contribution in [2.45, 2.75) is 26.3 Å². The highest BCUT2D eigenvalue weighted by Crippen LogP contribution is 2.30. The van der Waals surface area contributed by atoms with E-state index in [0.29, 0.717) is 12.0 Å². The fourth-order valence-corrected chi connectivity index (χ4v) is 4.62. The molecule has 1 aliphatic rings. The highest BCUT2D eigenvalue weighted by atomic mass is 32.2. The first-order chi connectivity index (χ1) is 10.7. The van der Waals surface area contributed by atoms with Gasteiger partial charge in [0.15, 0.2) is 15.9 Å². The minimum absolute atomic E-state index is 0.0786. The van der Waals surface area contributed by atoms with E-state index in [1.807, 2.05) is 12.1 Å². The van der Waals surface area contributed by atoms with Crippen LogP contribution in [0.15, 0.2) is 24.3 Å². The zero-order valence-corrected chi connectivity index (χ0v) is 14.0. The molecule has 1 amide bonds. The van der Waals surface area contributed by atoms with Crippen LogP contribution in [-0.2, 0) is 25.8 Å². The van der Waals surface area contributed by atoms with E-state index in [2.05, 4.69) is 0 Å². The first-order valence-electron chi connectivity index (χ1n) is 7.52. The SMILES string of the molecule is CC(C)CS(=O)(=O)CC(=O)N1CCc2ccccc2C1C(=O)O. The Hall–Kier alpha value is -1.89. The van der Waals surface area contributed by atoms with E-state index in [9.17, 15) is 23.1 Å². The first-order valence-corrected chi connectivity index (χ1v) is 9.34. The Morgan fingerprint density at radius 2 is 1.96 bits per heavy atom. The van der Waals surface area contributed by atoms with Gasteiger partial charge in [0.1, 0.15) is 5.75 Å². The van der Waals surface area contributed by atoms with Crippen molar-refractivity contribution in [3.8, 4) is 0 Å². The molecule has 1 aromatic carbocycles. The predicted octanol–water partition coefficient (Wildman–Crippen LogP) is 1.27. The monoisotopic (exact) mass is 339 g/mol. The van der Waals surface area contributed by atoms with Crippen LogP contribution in [0.1, 0.15) is 31.0 Å². The maximum atomic E-state index is 12.4. The average Bonchev–Trinajstić information content (AvgIpc) is 2.43. The Balaban J connectivity index is 2.25. The van der Waals surface area contributed by atoms with E-state index in [1.165, 1.54) is 4.90 Å². The molecule has 0 radical (unpaired) electrons. The lowest BCUT2D eigenvalue weighted by Gasteiger charge is -2.34. The Labute approximate surface area is 136 Å². The van der Waals surface area contributed by atoms with Gasteiger partial charge in [-0.2, -0.15) is 0 Å². The van der Waals surface area contributed by atoms with Crippen molar-refractivity contribution < 1.29 is 23.1 Å². The minimum atomic E-state index is -3.54.